The van der Waals surface area contributed by atoms with Gasteiger partial charge in [0, 0.05) is 36.1 Å². The molecule has 1 aromatic carbocycles. The lowest BCUT2D eigenvalue weighted by Crippen LogP contribution is -2.71. The number of phenolic OH excluding ortho intramolecular Hbond substituents is 1. The average molecular weight is 709 g/mol. The van der Waals surface area contributed by atoms with Crippen LogP contribution in [0, 0.1) is 0 Å². The molecule has 2 unspecified atom stereocenters. The fourth-order valence-electron chi connectivity index (χ4n) is 5.53. The summed E-state index contributed by atoms with van der Waals surface area (Å²) in [6.45, 7) is 0.391. The number of aromatic nitrogens is 2. The predicted molar refractivity (Wildman–Crippen MR) is 171 cm³/mol. The number of β-lactam (4-membered cyclic amide) rings is 1. The Morgan fingerprint density at radius 1 is 1.13 bits per heavy atom. The number of aliphatic carboxylic acids is 1. The number of rotatable bonds is 9. The molecule has 0 aliphatic carbocycles. The molecule has 7 heterocycles. The van der Waals surface area contributed by atoms with Crippen molar-refractivity contribution in [3.8, 4) is 5.75 Å². The van der Waals surface area contributed by atoms with Gasteiger partial charge in [-0.1, -0.05) is 23.1 Å². The van der Waals surface area contributed by atoms with Crippen LogP contribution in [-0.4, -0.2) is 112 Å². The smallest absolute Gasteiger partial charge is 0.352 e. The number of aromatic hydroxyl groups is 1. The van der Waals surface area contributed by atoms with Gasteiger partial charge < -0.3 is 31.1 Å². The van der Waals surface area contributed by atoms with Crippen LogP contribution in [0.1, 0.15) is 11.6 Å². The first-order valence-corrected chi connectivity index (χ1v) is 18.6. The fourth-order valence-corrected chi connectivity index (χ4v) is 11.4. The van der Waals surface area contributed by atoms with E-state index in [1.807, 2.05) is 4.90 Å². The van der Waals surface area contributed by atoms with Crippen LogP contribution in [0.2, 0.25) is 0 Å². The molecule has 1 aromatic heterocycles. The standard InChI is InChI=1S/C25H24N8O7S5/c34-17-12-5-10(6-13(17)32(12)25-41-3-4-42-25)14(29-23(40)31-2-1-26-22(31)39)18(35)28-15-19(36)33-16(21(37)38)11(7-43-20(15)33)8-44-24-30-27-9-45-24/h5-6,9,14-15,20,25,34H,1-4,7-8H2,(H,26,39)(H,28,35)(H,29,40)(H,37,38)/t14?,15?,20-/m0/s1. The first-order chi connectivity index (χ1) is 21.7. The summed E-state index contributed by atoms with van der Waals surface area (Å²) in [5.41, 5.74) is 3.43. The first kappa shape index (κ1) is 30.3. The quantitative estimate of drug-likeness (QED) is 0.187. The number of nitrogens with zero attached hydrogens (tertiary/aromatic N) is 5. The second-order valence-corrected chi connectivity index (χ2v) is 16.1. The molecule has 8 rings (SSSR count). The molecular weight excluding hydrogens is 685 g/mol. The van der Waals surface area contributed by atoms with Gasteiger partial charge in [-0.15, -0.1) is 45.5 Å². The molecule has 45 heavy (non-hydrogen) atoms. The molecule has 0 radical (unpaired) electrons. The molecule has 0 spiro atoms. The minimum atomic E-state index is -1.31. The largest absolute Gasteiger partial charge is 0.504 e. The Morgan fingerprint density at radius 3 is 2.53 bits per heavy atom. The first-order valence-electron chi connectivity index (χ1n) is 13.6. The number of nitrogens with one attached hydrogen (secondary N) is 3. The molecule has 3 fully saturated rings. The van der Waals surface area contributed by atoms with Crippen molar-refractivity contribution < 1.29 is 34.2 Å². The van der Waals surface area contributed by atoms with Crippen LogP contribution in [0.5, 0.6) is 5.75 Å². The summed E-state index contributed by atoms with van der Waals surface area (Å²) in [5.74, 6) is 0.142. The molecule has 6 amide bonds. The van der Waals surface area contributed by atoms with Gasteiger partial charge in [0.05, 0.1) is 11.4 Å². The van der Waals surface area contributed by atoms with Crippen LogP contribution < -0.4 is 20.9 Å². The lowest BCUT2D eigenvalue weighted by molar-refractivity contribution is -0.151. The molecule has 20 heteroatoms. The van der Waals surface area contributed by atoms with E-state index in [0.29, 0.717) is 38.4 Å². The van der Waals surface area contributed by atoms with E-state index < -0.39 is 47.3 Å². The highest BCUT2D eigenvalue weighted by atomic mass is 32.2. The van der Waals surface area contributed by atoms with E-state index in [0.717, 1.165) is 16.4 Å². The van der Waals surface area contributed by atoms with Gasteiger partial charge in [0.1, 0.15) is 33.4 Å². The Kier molecular flexibility index (Phi) is 8.17. The zero-order chi connectivity index (χ0) is 31.4. The van der Waals surface area contributed by atoms with Gasteiger partial charge in [-0.25, -0.2) is 19.3 Å². The van der Waals surface area contributed by atoms with Gasteiger partial charge in [0.2, 0.25) is 5.91 Å². The van der Waals surface area contributed by atoms with E-state index in [-0.39, 0.29) is 29.2 Å². The highest BCUT2D eigenvalue weighted by Crippen LogP contribution is 2.57. The van der Waals surface area contributed by atoms with Crippen molar-refractivity contribution in [2.45, 2.75) is 26.5 Å². The summed E-state index contributed by atoms with van der Waals surface area (Å²) in [5, 5.41) is 35.5. The number of carboxylic acid groups (broad SMARTS) is 1. The molecule has 236 valence electrons. The van der Waals surface area contributed by atoms with Crippen LogP contribution in [0.25, 0.3) is 0 Å². The third-order valence-corrected chi connectivity index (χ3v) is 13.9. The Balaban J connectivity index is 1.11. The van der Waals surface area contributed by atoms with Crippen molar-refractivity contribution in [3.63, 3.8) is 0 Å². The molecule has 6 aliphatic rings. The number of urea groups is 2. The molecule has 3 saturated heterocycles. The Morgan fingerprint density at radius 2 is 1.89 bits per heavy atom. The van der Waals surface area contributed by atoms with Crippen molar-refractivity contribution >= 4 is 99.6 Å². The van der Waals surface area contributed by atoms with E-state index >= 15 is 0 Å². The Hall–Kier alpha value is -3.33. The van der Waals surface area contributed by atoms with Gasteiger partial charge in [-0.2, -0.15) is 0 Å². The average Bonchev–Trinajstić information content (AvgIpc) is 3.84. The monoisotopic (exact) mass is 708 g/mol. The summed E-state index contributed by atoms with van der Waals surface area (Å²) in [6.07, 6.45) is 0. The van der Waals surface area contributed by atoms with E-state index in [4.69, 9.17) is 0 Å². The highest BCUT2D eigenvalue weighted by molar-refractivity contribution is 8.20. The van der Waals surface area contributed by atoms with Gasteiger partial charge in [-0.05, 0) is 23.3 Å². The van der Waals surface area contributed by atoms with Crippen molar-refractivity contribution in [1.82, 2.24) is 35.9 Å². The molecule has 6 aliphatic heterocycles. The van der Waals surface area contributed by atoms with Crippen LogP contribution in [0.3, 0.4) is 0 Å². The Labute approximate surface area is 276 Å². The van der Waals surface area contributed by atoms with E-state index in [1.165, 1.54) is 39.8 Å². The summed E-state index contributed by atoms with van der Waals surface area (Å²) in [4.78, 5) is 68.8. The van der Waals surface area contributed by atoms with Crippen molar-refractivity contribution in [1.29, 1.82) is 0 Å². The predicted octanol–water partition coefficient (Wildman–Crippen LogP) is 1.77. The third kappa shape index (κ3) is 5.34. The molecule has 2 aromatic rings. The van der Waals surface area contributed by atoms with Gasteiger partial charge in [0.15, 0.2) is 10.1 Å². The SMILES string of the molecule is O=C(O)C1=C(CSc2nncs2)CS[C@H]2C(NC(=O)C(NC(=O)N3CCNC3=O)c3cc4c(O)c(c3)N4C3SCCS3)C(=O)N12. The second-order valence-electron chi connectivity index (χ2n) is 10.2. The topological polar surface area (TPSA) is 197 Å². The zero-order valence-electron chi connectivity index (χ0n) is 23.0. The summed E-state index contributed by atoms with van der Waals surface area (Å²) < 4.78 is 0.756. The summed E-state index contributed by atoms with van der Waals surface area (Å²) >= 11 is 7.48. The third-order valence-electron chi connectivity index (χ3n) is 7.65. The van der Waals surface area contributed by atoms with Gasteiger partial charge >= 0.3 is 18.0 Å². The number of fused-ring (bicyclic) bond motifs is 3. The Bertz CT molecular complexity index is 1610. The number of phenols is 1. The molecule has 15 nitrogen and oxygen atoms in total. The number of carbonyl (C=O) groups is 5. The summed E-state index contributed by atoms with van der Waals surface area (Å²) in [7, 11) is 0. The number of carbonyl (C=O) groups excluding carboxylic acids is 4. The fraction of sp³-hybridized carbons (Fsp3) is 0.400. The number of carboxylic acids is 1. The van der Waals surface area contributed by atoms with E-state index in [9.17, 15) is 34.2 Å². The van der Waals surface area contributed by atoms with Gasteiger partial charge in [-0.3, -0.25) is 14.5 Å². The van der Waals surface area contributed by atoms with Crippen LogP contribution in [0.15, 0.2) is 33.3 Å². The van der Waals surface area contributed by atoms with Crippen molar-refractivity contribution in [3.05, 3.63) is 34.5 Å². The number of anilines is 2. The zero-order valence-corrected chi connectivity index (χ0v) is 27.1. The molecular formula is C25H24N8O7S5. The maximum atomic E-state index is 13.8. The lowest BCUT2D eigenvalue weighted by Gasteiger charge is -2.49. The van der Waals surface area contributed by atoms with Gasteiger partial charge in [0.25, 0.3) is 5.91 Å². The minimum Gasteiger partial charge on any atom is -0.504 e. The number of benzene rings is 1. The number of thioether (sulfide) groups is 4. The van der Waals surface area contributed by atoms with E-state index in [1.54, 1.807) is 41.2 Å². The van der Waals surface area contributed by atoms with Crippen molar-refractivity contribution in [2.24, 2.45) is 0 Å². The molecule has 0 saturated carbocycles. The molecule has 3 atom stereocenters. The number of hydrogen-bond acceptors (Lipinski definition) is 14. The summed E-state index contributed by atoms with van der Waals surface area (Å²) in [6, 6.07) is -0.488. The number of amides is 6. The lowest BCUT2D eigenvalue weighted by atomic mass is 9.97. The van der Waals surface area contributed by atoms with E-state index in [2.05, 4.69) is 26.1 Å². The number of hydrogen-bond donors (Lipinski definition) is 5. The van der Waals surface area contributed by atoms with Crippen LogP contribution in [-0.2, 0) is 14.4 Å². The normalized spacial score (nSPS) is 22.9. The maximum absolute atomic E-state index is 13.8. The number of imide groups is 1. The minimum absolute atomic E-state index is 0.0787. The molecule has 5 N–H and O–H groups in total. The van der Waals surface area contributed by atoms with Crippen LogP contribution >= 0.6 is 58.4 Å². The maximum Gasteiger partial charge on any atom is 0.352 e. The van der Waals surface area contributed by atoms with Crippen LogP contribution in [0.4, 0.5) is 21.0 Å². The second kappa shape index (κ2) is 12.1. The highest BCUT2D eigenvalue weighted by Gasteiger charge is 2.54. The van der Waals surface area contributed by atoms with Crippen molar-refractivity contribution in [2.75, 3.05) is 41.0 Å². The molecule has 2 bridgehead atoms.